The number of nitro groups is 1. The average molecular weight is 236 g/mol. The second-order valence-electron chi connectivity index (χ2n) is 4.42. The molecular formula is C12H16N2O3. The van der Waals surface area contributed by atoms with Gasteiger partial charge in [-0.05, 0) is 24.5 Å². The number of pyridine rings is 1. The number of hydrogen-bond donors (Lipinski definition) is 0. The van der Waals surface area contributed by atoms with E-state index in [2.05, 4.69) is 4.98 Å². The highest BCUT2D eigenvalue weighted by Crippen LogP contribution is 2.16. The maximum atomic E-state index is 12.0. The van der Waals surface area contributed by atoms with E-state index in [0.717, 1.165) is 0 Å². The summed E-state index contributed by atoms with van der Waals surface area (Å²) in [6.07, 6.45) is 2.03. The smallest absolute Gasteiger partial charge is 0.213 e. The van der Waals surface area contributed by atoms with Crippen LogP contribution in [0.2, 0.25) is 0 Å². The predicted octanol–water partition coefficient (Wildman–Crippen LogP) is 2.20. The second-order valence-corrected chi connectivity index (χ2v) is 4.42. The Hall–Kier alpha value is -1.78. The number of carbonyl (C=O) groups is 1. The second kappa shape index (κ2) is 6.08. The van der Waals surface area contributed by atoms with Gasteiger partial charge in [0.15, 0.2) is 5.78 Å². The average Bonchev–Trinajstić information content (AvgIpc) is 2.27. The molecule has 0 radical (unpaired) electrons. The first-order valence-electron chi connectivity index (χ1n) is 5.57. The van der Waals surface area contributed by atoms with Gasteiger partial charge < -0.3 is 0 Å². The minimum Gasteiger partial charge on any atom is -0.292 e. The molecule has 1 atom stereocenters. The van der Waals surface area contributed by atoms with Gasteiger partial charge in [0, 0.05) is 11.1 Å². The first-order chi connectivity index (χ1) is 8.00. The van der Waals surface area contributed by atoms with Gasteiger partial charge in [-0.25, -0.2) is 0 Å². The van der Waals surface area contributed by atoms with Gasteiger partial charge in [-0.2, -0.15) is 0 Å². The molecule has 0 aliphatic rings. The van der Waals surface area contributed by atoms with Crippen molar-refractivity contribution in [3.63, 3.8) is 0 Å². The molecule has 1 rings (SSSR count). The Morgan fingerprint density at radius 1 is 1.47 bits per heavy atom. The zero-order valence-electron chi connectivity index (χ0n) is 10.00. The summed E-state index contributed by atoms with van der Waals surface area (Å²) in [4.78, 5) is 26.1. The van der Waals surface area contributed by atoms with Crippen molar-refractivity contribution in [3.8, 4) is 0 Å². The molecule has 0 spiro atoms. The van der Waals surface area contributed by atoms with Crippen molar-refractivity contribution in [2.45, 2.75) is 20.3 Å². The lowest BCUT2D eigenvalue weighted by Crippen LogP contribution is -2.25. The molecule has 0 bridgehead atoms. The molecular weight excluding hydrogens is 220 g/mol. The molecule has 1 aromatic rings. The summed E-state index contributed by atoms with van der Waals surface area (Å²) in [5.41, 5.74) is 0.306. The summed E-state index contributed by atoms with van der Waals surface area (Å²) in [5.74, 6) is -0.580. The van der Waals surface area contributed by atoms with E-state index in [-0.39, 0.29) is 18.2 Å². The van der Waals surface area contributed by atoms with Crippen molar-refractivity contribution in [2.75, 3.05) is 6.54 Å². The summed E-state index contributed by atoms with van der Waals surface area (Å²) in [5, 5.41) is 10.6. The van der Waals surface area contributed by atoms with E-state index in [1.165, 1.54) is 6.20 Å². The summed E-state index contributed by atoms with van der Waals surface area (Å²) >= 11 is 0. The first-order valence-corrected chi connectivity index (χ1v) is 5.57. The normalized spacial score (nSPS) is 12.4. The number of nitrogens with zero attached hydrogens (tertiary/aromatic N) is 2. The largest absolute Gasteiger partial charge is 0.292 e. The van der Waals surface area contributed by atoms with Gasteiger partial charge >= 0.3 is 0 Å². The fourth-order valence-corrected chi connectivity index (χ4v) is 1.73. The van der Waals surface area contributed by atoms with Gasteiger partial charge in [0.25, 0.3) is 0 Å². The summed E-state index contributed by atoms with van der Waals surface area (Å²) in [6, 6.07) is 5.01. The molecule has 92 valence electrons. The van der Waals surface area contributed by atoms with Crippen molar-refractivity contribution >= 4 is 5.78 Å². The Morgan fingerprint density at radius 2 is 2.18 bits per heavy atom. The zero-order valence-corrected chi connectivity index (χ0v) is 10.00. The van der Waals surface area contributed by atoms with Gasteiger partial charge in [-0.1, -0.05) is 19.9 Å². The monoisotopic (exact) mass is 236 g/mol. The number of hydrogen-bond acceptors (Lipinski definition) is 4. The lowest BCUT2D eigenvalue weighted by Gasteiger charge is -2.13. The lowest BCUT2D eigenvalue weighted by atomic mass is 9.91. The van der Waals surface area contributed by atoms with Crippen LogP contribution in [0, 0.1) is 22.0 Å². The van der Waals surface area contributed by atoms with Gasteiger partial charge in [0.05, 0.1) is 5.92 Å². The van der Waals surface area contributed by atoms with E-state index >= 15 is 0 Å². The van der Waals surface area contributed by atoms with Crippen LogP contribution in [-0.4, -0.2) is 22.2 Å². The number of aromatic nitrogens is 1. The molecule has 0 saturated heterocycles. The van der Waals surface area contributed by atoms with E-state index in [1.807, 2.05) is 13.8 Å². The van der Waals surface area contributed by atoms with Crippen molar-refractivity contribution in [2.24, 2.45) is 11.8 Å². The van der Waals surface area contributed by atoms with Gasteiger partial charge in [0.2, 0.25) is 6.54 Å². The number of rotatable bonds is 6. The Labute approximate surface area is 100 Å². The van der Waals surface area contributed by atoms with Crippen molar-refractivity contribution in [1.82, 2.24) is 4.98 Å². The van der Waals surface area contributed by atoms with Gasteiger partial charge in [-0.15, -0.1) is 0 Å². The molecule has 0 aliphatic heterocycles. The Bertz CT molecular complexity index is 390. The van der Waals surface area contributed by atoms with Crippen LogP contribution in [0.3, 0.4) is 0 Å². The molecule has 0 aliphatic carbocycles. The molecule has 1 heterocycles. The highest BCUT2D eigenvalue weighted by Gasteiger charge is 2.26. The predicted molar refractivity (Wildman–Crippen MR) is 63.4 cm³/mol. The van der Waals surface area contributed by atoms with Crippen LogP contribution >= 0.6 is 0 Å². The van der Waals surface area contributed by atoms with E-state index in [1.54, 1.807) is 18.2 Å². The van der Waals surface area contributed by atoms with Crippen LogP contribution in [0.5, 0.6) is 0 Å². The van der Waals surface area contributed by atoms with Crippen molar-refractivity contribution < 1.29 is 9.72 Å². The highest BCUT2D eigenvalue weighted by atomic mass is 16.6. The van der Waals surface area contributed by atoms with E-state index in [4.69, 9.17) is 0 Å². The Balaban J connectivity index is 2.82. The number of carbonyl (C=O) groups excluding carboxylic acids is 1. The van der Waals surface area contributed by atoms with Crippen molar-refractivity contribution in [3.05, 3.63) is 40.2 Å². The molecule has 0 amide bonds. The van der Waals surface area contributed by atoms with Gasteiger partial charge in [0.1, 0.15) is 5.69 Å². The minimum absolute atomic E-state index is 0.240. The molecule has 0 saturated carbocycles. The SMILES string of the molecule is CC(C)C[C@@H](C[N+](=O)[O-])C(=O)c1ccccn1. The zero-order chi connectivity index (χ0) is 12.8. The quantitative estimate of drug-likeness (QED) is 0.431. The van der Waals surface area contributed by atoms with E-state index in [0.29, 0.717) is 12.1 Å². The first kappa shape index (κ1) is 13.3. The van der Waals surface area contributed by atoms with Gasteiger partial charge in [-0.3, -0.25) is 19.9 Å². The molecule has 1 aromatic heterocycles. The fraction of sp³-hybridized carbons (Fsp3) is 0.500. The fourth-order valence-electron chi connectivity index (χ4n) is 1.73. The summed E-state index contributed by atoms with van der Waals surface area (Å²) < 4.78 is 0. The Morgan fingerprint density at radius 3 is 2.65 bits per heavy atom. The van der Waals surface area contributed by atoms with Crippen LogP contribution in [0.4, 0.5) is 0 Å². The van der Waals surface area contributed by atoms with Crippen LogP contribution in [-0.2, 0) is 0 Å². The molecule has 5 nitrogen and oxygen atoms in total. The van der Waals surface area contributed by atoms with Crippen LogP contribution in [0.15, 0.2) is 24.4 Å². The maximum absolute atomic E-state index is 12.0. The molecule has 0 aromatic carbocycles. The molecule has 5 heteroatoms. The third-order valence-corrected chi connectivity index (χ3v) is 2.41. The standard InChI is InChI=1S/C12H16N2O3/c1-9(2)7-10(8-14(16)17)12(15)11-5-3-4-6-13-11/h3-6,9-10H,7-8H2,1-2H3/t10-/m0/s1. The molecule has 0 unspecified atom stereocenters. The maximum Gasteiger partial charge on any atom is 0.213 e. The molecule has 0 fully saturated rings. The van der Waals surface area contributed by atoms with Crippen molar-refractivity contribution in [1.29, 1.82) is 0 Å². The lowest BCUT2D eigenvalue weighted by molar-refractivity contribution is -0.485. The number of ketones is 1. The molecule has 0 N–H and O–H groups in total. The third-order valence-electron chi connectivity index (χ3n) is 2.41. The van der Waals surface area contributed by atoms with Crippen LogP contribution in [0.1, 0.15) is 30.8 Å². The molecule has 17 heavy (non-hydrogen) atoms. The Kier molecular flexibility index (Phi) is 4.75. The number of Topliss-reactive ketones (excluding diaryl/α,β-unsaturated/α-hetero) is 1. The summed E-state index contributed by atoms with van der Waals surface area (Å²) in [6.45, 7) is 3.56. The topological polar surface area (TPSA) is 73.1 Å². The van der Waals surface area contributed by atoms with E-state index < -0.39 is 10.8 Å². The van der Waals surface area contributed by atoms with Crippen LogP contribution < -0.4 is 0 Å². The minimum atomic E-state index is -0.583. The van der Waals surface area contributed by atoms with Crippen LogP contribution in [0.25, 0.3) is 0 Å². The van der Waals surface area contributed by atoms with E-state index in [9.17, 15) is 14.9 Å². The summed E-state index contributed by atoms with van der Waals surface area (Å²) in [7, 11) is 0. The highest BCUT2D eigenvalue weighted by molar-refractivity contribution is 5.96. The third kappa shape index (κ3) is 4.30.